The molecule has 6 nitrogen and oxygen atoms in total. The van der Waals surface area contributed by atoms with Crippen LogP contribution in [0.2, 0.25) is 0 Å². The van der Waals surface area contributed by atoms with Crippen molar-refractivity contribution in [2.24, 2.45) is 5.41 Å². The predicted molar refractivity (Wildman–Crippen MR) is 102 cm³/mol. The van der Waals surface area contributed by atoms with E-state index in [1.807, 2.05) is 44.2 Å². The van der Waals surface area contributed by atoms with Crippen LogP contribution in [0, 0.1) is 5.41 Å². The van der Waals surface area contributed by atoms with E-state index in [0.29, 0.717) is 24.5 Å². The second-order valence-electron chi connectivity index (χ2n) is 6.79. The minimum Gasteiger partial charge on any atom is -0.376 e. The summed E-state index contributed by atoms with van der Waals surface area (Å²) in [4.78, 5) is 43.1. The lowest BCUT2D eigenvalue weighted by molar-refractivity contribution is -0.186. The van der Waals surface area contributed by atoms with Gasteiger partial charge in [0.15, 0.2) is 0 Å². The second-order valence-corrected chi connectivity index (χ2v) is 6.79. The first-order valence-corrected chi connectivity index (χ1v) is 9.34. The van der Waals surface area contributed by atoms with E-state index in [0.717, 1.165) is 5.56 Å². The highest BCUT2D eigenvalue weighted by Crippen LogP contribution is 2.31. The van der Waals surface area contributed by atoms with Crippen molar-refractivity contribution in [3.63, 3.8) is 0 Å². The van der Waals surface area contributed by atoms with Crippen LogP contribution in [-0.2, 0) is 21.0 Å². The number of rotatable bonds is 8. The van der Waals surface area contributed by atoms with Crippen LogP contribution < -0.4 is 0 Å². The summed E-state index contributed by atoms with van der Waals surface area (Å²) in [5, 5.41) is 0.560. The first-order valence-electron chi connectivity index (χ1n) is 9.34. The molecule has 0 saturated heterocycles. The second kappa shape index (κ2) is 8.35. The van der Waals surface area contributed by atoms with Gasteiger partial charge in [-0.25, -0.2) is 4.79 Å². The Morgan fingerprint density at radius 1 is 0.893 bits per heavy atom. The molecule has 6 heteroatoms. The third kappa shape index (κ3) is 3.68. The number of ether oxygens (including phenoxy) is 1. The Balaban J connectivity index is 1.69. The molecule has 2 amide bonds. The van der Waals surface area contributed by atoms with Gasteiger partial charge in [-0.1, -0.05) is 61.4 Å². The molecule has 0 aromatic heterocycles. The van der Waals surface area contributed by atoms with Crippen molar-refractivity contribution in [1.29, 1.82) is 0 Å². The molecule has 0 spiro atoms. The van der Waals surface area contributed by atoms with E-state index in [1.165, 1.54) is 0 Å². The number of nitrogens with zero attached hydrogens (tertiary/aromatic N) is 1. The van der Waals surface area contributed by atoms with Crippen LogP contribution in [0.15, 0.2) is 54.6 Å². The van der Waals surface area contributed by atoms with Crippen LogP contribution in [0.4, 0.5) is 0 Å². The summed E-state index contributed by atoms with van der Waals surface area (Å²) in [6.07, 6.45) is 0.917. The van der Waals surface area contributed by atoms with Gasteiger partial charge >= 0.3 is 5.97 Å². The Labute approximate surface area is 164 Å². The third-order valence-electron chi connectivity index (χ3n) is 5.21. The van der Waals surface area contributed by atoms with Gasteiger partial charge < -0.3 is 9.57 Å². The number of benzene rings is 2. The Kier molecular flexibility index (Phi) is 5.90. The summed E-state index contributed by atoms with van der Waals surface area (Å²) in [6.45, 7) is 4.22. The van der Waals surface area contributed by atoms with Crippen LogP contribution in [0.25, 0.3) is 0 Å². The van der Waals surface area contributed by atoms with E-state index in [9.17, 15) is 14.4 Å². The Bertz CT molecular complexity index is 839. The highest BCUT2D eigenvalue weighted by Gasteiger charge is 2.44. The highest BCUT2D eigenvalue weighted by molar-refractivity contribution is 6.20. The van der Waals surface area contributed by atoms with E-state index >= 15 is 0 Å². The van der Waals surface area contributed by atoms with E-state index in [4.69, 9.17) is 9.57 Å². The monoisotopic (exact) mass is 381 g/mol. The number of carbonyl (C=O) groups excluding carboxylic acids is 3. The Hall–Kier alpha value is -2.99. The maximum absolute atomic E-state index is 12.9. The fourth-order valence-corrected chi connectivity index (χ4v) is 3.17. The molecule has 0 aliphatic carbocycles. The Morgan fingerprint density at radius 3 is 1.96 bits per heavy atom. The smallest absolute Gasteiger partial charge is 0.341 e. The number of fused-ring (bicyclic) bond motifs is 1. The number of imide groups is 1. The zero-order chi connectivity index (χ0) is 20.1. The fraction of sp³-hybridized carbons (Fsp3) is 0.318. The van der Waals surface area contributed by atoms with Crippen molar-refractivity contribution in [3.05, 3.63) is 71.3 Å². The SMILES string of the molecule is CCC(CC)(COCc1ccccc1)C(=O)ON1C(=O)c2ccccc2C1=O. The van der Waals surface area contributed by atoms with Gasteiger partial charge in [-0.15, -0.1) is 0 Å². The maximum atomic E-state index is 12.9. The molecule has 0 unspecified atom stereocenters. The average molecular weight is 381 g/mol. The molecule has 2 aromatic rings. The Morgan fingerprint density at radius 2 is 1.43 bits per heavy atom. The fourth-order valence-electron chi connectivity index (χ4n) is 3.17. The molecule has 0 saturated carbocycles. The number of hydroxylamine groups is 2. The summed E-state index contributed by atoms with van der Waals surface area (Å²) in [7, 11) is 0. The summed E-state index contributed by atoms with van der Waals surface area (Å²) in [6, 6.07) is 16.0. The molecular formula is C22H23NO5. The lowest BCUT2D eigenvalue weighted by Gasteiger charge is -2.29. The lowest BCUT2D eigenvalue weighted by atomic mass is 9.83. The van der Waals surface area contributed by atoms with E-state index < -0.39 is 23.2 Å². The normalized spacial score (nSPS) is 13.6. The largest absolute Gasteiger partial charge is 0.376 e. The van der Waals surface area contributed by atoms with E-state index in [-0.39, 0.29) is 17.7 Å². The molecule has 0 N–H and O–H groups in total. The number of hydrogen-bond donors (Lipinski definition) is 0. The van der Waals surface area contributed by atoms with Crippen molar-refractivity contribution < 1.29 is 24.0 Å². The highest BCUT2D eigenvalue weighted by atomic mass is 16.7. The number of carbonyl (C=O) groups is 3. The van der Waals surface area contributed by atoms with Crippen LogP contribution in [-0.4, -0.2) is 29.5 Å². The van der Waals surface area contributed by atoms with Gasteiger partial charge in [0.05, 0.1) is 29.8 Å². The van der Waals surface area contributed by atoms with Crippen molar-refractivity contribution in [3.8, 4) is 0 Å². The van der Waals surface area contributed by atoms with Crippen LogP contribution in [0.1, 0.15) is 53.0 Å². The van der Waals surface area contributed by atoms with Gasteiger partial charge in [-0.3, -0.25) is 9.59 Å². The zero-order valence-corrected chi connectivity index (χ0v) is 16.0. The van der Waals surface area contributed by atoms with Gasteiger partial charge in [-0.05, 0) is 30.5 Å². The first-order chi connectivity index (χ1) is 13.5. The quantitative estimate of drug-likeness (QED) is 0.651. The van der Waals surface area contributed by atoms with Crippen molar-refractivity contribution in [2.75, 3.05) is 6.61 Å². The standard InChI is InChI=1S/C22H23NO5/c1-3-22(4-2,15-27-14-16-10-6-5-7-11-16)21(26)28-23-19(24)17-12-8-9-13-18(17)20(23)25/h5-13H,3-4,14-15H2,1-2H3. The molecule has 1 heterocycles. The minimum absolute atomic E-state index is 0.136. The summed E-state index contributed by atoms with van der Waals surface area (Å²) >= 11 is 0. The molecule has 0 fully saturated rings. The molecule has 0 radical (unpaired) electrons. The van der Waals surface area contributed by atoms with Crippen molar-refractivity contribution >= 4 is 17.8 Å². The van der Waals surface area contributed by atoms with Gasteiger partial charge in [0.2, 0.25) is 0 Å². The molecule has 3 rings (SSSR count). The minimum atomic E-state index is -0.940. The summed E-state index contributed by atoms with van der Waals surface area (Å²) in [5.41, 5.74) is 0.528. The van der Waals surface area contributed by atoms with Crippen molar-refractivity contribution in [2.45, 2.75) is 33.3 Å². The topological polar surface area (TPSA) is 72.9 Å². The van der Waals surface area contributed by atoms with Gasteiger partial charge in [0.25, 0.3) is 11.8 Å². The predicted octanol–water partition coefficient (Wildman–Crippen LogP) is 3.76. The third-order valence-corrected chi connectivity index (χ3v) is 5.21. The average Bonchev–Trinajstić information content (AvgIpc) is 2.97. The molecule has 0 bridgehead atoms. The van der Waals surface area contributed by atoms with Crippen LogP contribution in [0.5, 0.6) is 0 Å². The van der Waals surface area contributed by atoms with Crippen molar-refractivity contribution in [1.82, 2.24) is 5.06 Å². The molecule has 28 heavy (non-hydrogen) atoms. The van der Waals surface area contributed by atoms with Gasteiger partial charge in [0.1, 0.15) is 0 Å². The summed E-state index contributed by atoms with van der Waals surface area (Å²) < 4.78 is 5.78. The first kappa shape index (κ1) is 19.8. The molecule has 146 valence electrons. The number of amides is 2. The maximum Gasteiger partial charge on any atom is 0.341 e. The lowest BCUT2D eigenvalue weighted by Crippen LogP contribution is -2.42. The zero-order valence-electron chi connectivity index (χ0n) is 16.0. The summed E-state index contributed by atoms with van der Waals surface area (Å²) in [5.74, 6) is -1.89. The molecular weight excluding hydrogens is 358 g/mol. The molecule has 0 atom stereocenters. The van der Waals surface area contributed by atoms with Gasteiger partial charge in [-0.2, -0.15) is 0 Å². The molecule has 2 aromatic carbocycles. The van der Waals surface area contributed by atoms with Crippen LogP contribution in [0.3, 0.4) is 0 Å². The molecule has 1 aliphatic heterocycles. The number of hydrogen-bond acceptors (Lipinski definition) is 5. The van der Waals surface area contributed by atoms with Gasteiger partial charge in [0, 0.05) is 0 Å². The van der Waals surface area contributed by atoms with E-state index in [1.54, 1.807) is 24.3 Å². The van der Waals surface area contributed by atoms with Crippen LogP contribution >= 0.6 is 0 Å². The van der Waals surface area contributed by atoms with E-state index in [2.05, 4.69) is 0 Å². The molecule has 1 aliphatic rings.